The fraction of sp³-hybridized carbons (Fsp3) is 0.200. The molecule has 0 bridgehead atoms. The van der Waals surface area contributed by atoms with Gasteiger partial charge in [0.15, 0.2) is 0 Å². The van der Waals surface area contributed by atoms with E-state index in [4.69, 9.17) is 21.1 Å². The first kappa shape index (κ1) is 14.2. The summed E-state index contributed by atoms with van der Waals surface area (Å²) in [6.45, 7) is 0.988. The summed E-state index contributed by atoms with van der Waals surface area (Å²) in [4.78, 5) is 0. The summed E-state index contributed by atoms with van der Waals surface area (Å²) < 4.78 is 12.3. The number of ether oxygens (including phenoxy) is 2. The van der Waals surface area contributed by atoms with Gasteiger partial charge in [0.05, 0.1) is 5.88 Å². The van der Waals surface area contributed by atoms with Crippen molar-refractivity contribution in [1.82, 2.24) is 0 Å². The third-order valence-electron chi connectivity index (χ3n) is 2.54. The van der Waals surface area contributed by atoms with Crippen LogP contribution in [-0.2, 0) is 5.88 Å². The van der Waals surface area contributed by atoms with Gasteiger partial charge in [-0.25, -0.2) is 0 Å². The maximum atomic E-state index is 5.84. The molecule has 0 spiro atoms. The van der Waals surface area contributed by atoms with Crippen LogP contribution in [0.25, 0.3) is 0 Å². The van der Waals surface area contributed by atoms with Crippen molar-refractivity contribution in [3.8, 4) is 11.5 Å². The Kier molecular flexibility index (Phi) is 5.55. The Hall–Kier alpha value is -1.19. The first-order valence-electron chi connectivity index (χ1n) is 5.94. The van der Waals surface area contributed by atoms with Crippen LogP contribution in [0.3, 0.4) is 0 Å². The Morgan fingerprint density at radius 3 is 2.32 bits per heavy atom. The van der Waals surface area contributed by atoms with Crippen molar-refractivity contribution in [2.24, 2.45) is 0 Å². The van der Waals surface area contributed by atoms with Crippen molar-refractivity contribution in [2.75, 3.05) is 13.2 Å². The minimum absolute atomic E-state index is 0.448. The molecule has 4 heteroatoms. The van der Waals surface area contributed by atoms with Crippen molar-refractivity contribution >= 4 is 27.5 Å². The monoisotopic (exact) mass is 340 g/mol. The average Bonchev–Trinajstić information content (AvgIpc) is 2.46. The largest absolute Gasteiger partial charge is 0.490 e. The van der Waals surface area contributed by atoms with Crippen LogP contribution in [0.4, 0.5) is 0 Å². The van der Waals surface area contributed by atoms with Crippen LogP contribution < -0.4 is 9.47 Å². The summed E-state index contributed by atoms with van der Waals surface area (Å²) in [5.41, 5.74) is 0.993. The highest BCUT2D eigenvalue weighted by molar-refractivity contribution is 9.10. The molecule has 2 aromatic rings. The lowest BCUT2D eigenvalue weighted by molar-refractivity contribution is 0.216. The van der Waals surface area contributed by atoms with E-state index in [1.54, 1.807) is 0 Å². The Morgan fingerprint density at radius 1 is 0.895 bits per heavy atom. The highest BCUT2D eigenvalue weighted by atomic mass is 79.9. The molecule has 2 nitrogen and oxygen atoms in total. The highest BCUT2D eigenvalue weighted by Gasteiger charge is 2.01. The fourth-order valence-corrected chi connectivity index (χ4v) is 2.08. The van der Waals surface area contributed by atoms with Gasteiger partial charge in [-0.1, -0.05) is 34.1 Å². The third kappa shape index (κ3) is 4.44. The number of alkyl halides is 1. The lowest BCUT2D eigenvalue weighted by Gasteiger charge is -2.10. The zero-order valence-electron chi connectivity index (χ0n) is 10.3. The van der Waals surface area contributed by atoms with Crippen LogP contribution in [0.2, 0.25) is 0 Å². The molecule has 0 aromatic heterocycles. The molecule has 0 radical (unpaired) electrons. The van der Waals surface area contributed by atoms with E-state index in [0.717, 1.165) is 21.5 Å². The Morgan fingerprint density at radius 2 is 1.58 bits per heavy atom. The Bertz CT molecular complexity index is 514. The van der Waals surface area contributed by atoms with Gasteiger partial charge >= 0.3 is 0 Å². The van der Waals surface area contributed by atoms with Crippen LogP contribution in [-0.4, -0.2) is 13.2 Å². The van der Waals surface area contributed by atoms with Crippen molar-refractivity contribution in [2.45, 2.75) is 5.88 Å². The van der Waals surface area contributed by atoms with E-state index in [2.05, 4.69) is 15.9 Å². The zero-order valence-corrected chi connectivity index (χ0v) is 12.7. The molecule has 0 amide bonds. The molecular formula is C15H14BrClO2. The number of hydrogen-bond acceptors (Lipinski definition) is 2. The van der Waals surface area contributed by atoms with E-state index < -0.39 is 0 Å². The van der Waals surface area contributed by atoms with Crippen molar-refractivity contribution in [1.29, 1.82) is 0 Å². The van der Waals surface area contributed by atoms with E-state index in [9.17, 15) is 0 Å². The van der Waals surface area contributed by atoms with Gasteiger partial charge in [-0.2, -0.15) is 0 Å². The van der Waals surface area contributed by atoms with Crippen LogP contribution in [0, 0.1) is 0 Å². The minimum Gasteiger partial charge on any atom is -0.490 e. The Labute approximate surface area is 126 Å². The van der Waals surface area contributed by atoms with Gasteiger partial charge in [0.1, 0.15) is 24.7 Å². The molecule has 0 fully saturated rings. The second-order valence-corrected chi connectivity index (χ2v) is 5.08. The molecule has 0 heterocycles. The van der Waals surface area contributed by atoms with E-state index in [1.807, 2.05) is 48.5 Å². The number of para-hydroxylation sites is 1. The minimum atomic E-state index is 0.448. The molecule has 0 saturated carbocycles. The summed E-state index contributed by atoms with van der Waals surface area (Å²) in [7, 11) is 0. The molecule has 0 aliphatic carbocycles. The molecule has 100 valence electrons. The maximum absolute atomic E-state index is 5.84. The quantitative estimate of drug-likeness (QED) is 0.562. The second-order valence-electron chi connectivity index (χ2n) is 3.89. The summed E-state index contributed by atoms with van der Waals surface area (Å²) in [6.07, 6.45) is 0. The third-order valence-corrected chi connectivity index (χ3v) is 3.36. The first-order chi connectivity index (χ1) is 9.29. The van der Waals surface area contributed by atoms with Crippen LogP contribution in [0.1, 0.15) is 5.56 Å². The summed E-state index contributed by atoms with van der Waals surface area (Å²) in [5, 5.41) is 0. The first-order valence-corrected chi connectivity index (χ1v) is 7.27. The topological polar surface area (TPSA) is 18.5 Å². The molecule has 2 rings (SSSR count). The molecule has 2 aromatic carbocycles. The molecule has 19 heavy (non-hydrogen) atoms. The van der Waals surface area contributed by atoms with Gasteiger partial charge in [0.2, 0.25) is 0 Å². The van der Waals surface area contributed by atoms with Gasteiger partial charge < -0.3 is 9.47 Å². The average molecular weight is 342 g/mol. The normalized spacial score (nSPS) is 10.2. The molecule has 0 N–H and O–H groups in total. The van der Waals surface area contributed by atoms with Crippen LogP contribution >= 0.6 is 27.5 Å². The van der Waals surface area contributed by atoms with Crippen molar-refractivity contribution in [3.05, 3.63) is 58.6 Å². The van der Waals surface area contributed by atoms with Crippen LogP contribution in [0.15, 0.2) is 53.0 Å². The standard InChI is InChI=1S/C15H14BrClO2/c16-13-5-7-14(8-6-13)18-9-10-19-15-4-2-1-3-12(15)11-17/h1-8H,9-11H2. The smallest absolute Gasteiger partial charge is 0.123 e. The summed E-state index contributed by atoms with van der Waals surface area (Å²) >= 11 is 9.22. The zero-order chi connectivity index (χ0) is 13.5. The van der Waals surface area contributed by atoms with Gasteiger partial charge in [-0.15, -0.1) is 11.6 Å². The molecular weight excluding hydrogens is 328 g/mol. The molecule has 0 aliphatic heterocycles. The molecule has 0 unspecified atom stereocenters. The van der Waals surface area contributed by atoms with E-state index in [-0.39, 0.29) is 0 Å². The predicted molar refractivity (Wildman–Crippen MR) is 81.1 cm³/mol. The lowest BCUT2D eigenvalue weighted by Crippen LogP contribution is -2.09. The molecule has 0 atom stereocenters. The second kappa shape index (κ2) is 7.41. The van der Waals surface area contributed by atoms with E-state index in [0.29, 0.717) is 19.1 Å². The van der Waals surface area contributed by atoms with Gasteiger partial charge in [0.25, 0.3) is 0 Å². The van der Waals surface area contributed by atoms with Crippen molar-refractivity contribution in [3.63, 3.8) is 0 Å². The molecule has 0 saturated heterocycles. The van der Waals surface area contributed by atoms with Crippen molar-refractivity contribution < 1.29 is 9.47 Å². The number of halogens is 2. The van der Waals surface area contributed by atoms with Crippen LogP contribution in [0.5, 0.6) is 11.5 Å². The molecule has 0 aliphatic rings. The number of benzene rings is 2. The van der Waals surface area contributed by atoms with Gasteiger partial charge in [0, 0.05) is 10.0 Å². The van der Waals surface area contributed by atoms with Gasteiger partial charge in [-0.3, -0.25) is 0 Å². The number of rotatable bonds is 6. The SMILES string of the molecule is ClCc1ccccc1OCCOc1ccc(Br)cc1. The van der Waals surface area contributed by atoms with E-state index >= 15 is 0 Å². The lowest BCUT2D eigenvalue weighted by atomic mass is 10.2. The van der Waals surface area contributed by atoms with Gasteiger partial charge in [-0.05, 0) is 30.3 Å². The highest BCUT2D eigenvalue weighted by Crippen LogP contribution is 2.20. The fourth-order valence-electron chi connectivity index (χ4n) is 1.60. The predicted octanol–water partition coefficient (Wildman–Crippen LogP) is 4.65. The van der Waals surface area contributed by atoms with E-state index in [1.165, 1.54) is 0 Å². The maximum Gasteiger partial charge on any atom is 0.123 e. The Balaban J connectivity index is 1.79. The summed E-state index contributed by atoms with van der Waals surface area (Å²) in [6, 6.07) is 15.5. The summed E-state index contributed by atoms with van der Waals surface area (Å²) in [5.74, 6) is 2.10. The number of hydrogen-bond donors (Lipinski definition) is 0.